The van der Waals surface area contributed by atoms with Crippen molar-refractivity contribution >= 4 is 11.6 Å². The van der Waals surface area contributed by atoms with Gasteiger partial charge in [0.05, 0.1) is 11.6 Å². The molecule has 0 amide bonds. The summed E-state index contributed by atoms with van der Waals surface area (Å²) in [5, 5.41) is 19.1. The number of phenols is 1. The highest BCUT2D eigenvalue weighted by atomic mass is 35.5. The van der Waals surface area contributed by atoms with Crippen molar-refractivity contribution in [3.8, 4) is 5.75 Å². The van der Waals surface area contributed by atoms with Crippen molar-refractivity contribution in [3.63, 3.8) is 0 Å². The van der Waals surface area contributed by atoms with Gasteiger partial charge in [0.2, 0.25) is 0 Å². The number of nitrogens with zero attached hydrogens (tertiary/aromatic N) is 1. The highest BCUT2D eigenvalue weighted by Gasteiger charge is 2.09. The lowest BCUT2D eigenvalue weighted by Gasteiger charge is -2.21. The Balaban J connectivity index is 2.72. The number of para-hydroxylation sites is 1. The highest BCUT2D eigenvalue weighted by Crippen LogP contribution is 2.27. The van der Waals surface area contributed by atoms with E-state index in [9.17, 15) is 5.11 Å². The summed E-state index contributed by atoms with van der Waals surface area (Å²) in [4.78, 5) is 2.09. The minimum atomic E-state index is 0.126. The van der Waals surface area contributed by atoms with E-state index in [-0.39, 0.29) is 12.4 Å². The van der Waals surface area contributed by atoms with E-state index in [4.69, 9.17) is 16.7 Å². The number of hydrogen-bond acceptors (Lipinski definition) is 3. The molecule has 0 radical (unpaired) electrons. The Kier molecular flexibility index (Phi) is 5.60. The number of aliphatic hydroxyl groups is 1. The van der Waals surface area contributed by atoms with E-state index in [2.05, 4.69) is 11.8 Å². The average molecular weight is 244 g/mol. The van der Waals surface area contributed by atoms with Crippen LogP contribution in [-0.2, 0) is 6.54 Å². The van der Waals surface area contributed by atoms with E-state index in [1.807, 2.05) is 12.1 Å². The van der Waals surface area contributed by atoms with Crippen LogP contribution in [0.4, 0.5) is 0 Å². The minimum absolute atomic E-state index is 0.126. The van der Waals surface area contributed by atoms with Crippen LogP contribution in [0.2, 0.25) is 5.02 Å². The van der Waals surface area contributed by atoms with Crippen LogP contribution >= 0.6 is 11.6 Å². The van der Waals surface area contributed by atoms with E-state index in [0.29, 0.717) is 18.1 Å². The third kappa shape index (κ3) is 3.67. The summed E-state index contributed by atoms with van der Waals surface area (Å²) in [5.74, 6) is 0.142. The first-order valence-corrected chi connectivity index (χ1v) is 5.86. The van der Waals surface area contributed by atoms with Crippen molar-refractivity contribution in [1.82, 2.24) is 4.90 Å². The van der Waals surface area contributed by atoms with Gasteiger partial charge in [0.25, 0.3) is 0 Å². The third-order valence-corrected chi connectivity index (χ3v) is 2.73. The molecule has 0 unspecified atom stereocenters. The Morgan fingerprint density at radius 1 is 1.31 bits per heavy atom. The Morgan fingerprint density at radius 2 is 2.06 bits per heavy atom. The van der Waals surface area contributed by atoms with Crippen LogP contribution < -0.4 is 0 Å². The second-order valence-corrected chi connectivity index (χ2v) is 4.15. The van der Waals surface area contributed by atoms with Crippen molar-refractivity contribution in [2.45, 2.75) is 19.9 Å². The molecule has 1 aromatic carbocycles. The molecule has 0 atom stereocenters. The maximum absolute atomic E-state index is 9.76. The monoisotopic (exact) mass is 243 g/mol. The Morgan fingerprint density at radius 3 is 2.69 bits per heavy atom. The highest BCUT2D eigenvalue weighted by molar-refractivity contribution is 6.32. The summed E-state index contributed by atoms with van der Waals surface area (Å²) < 4.78 is 0. The van der Waals surface area contributed by atoms with Gasteiger partial charge in [-0.15, -0.1) is 0 Å². The molecule has 1 aromatic rings. The molecule has 0 bridgehead atoms. The van der Waals surface area contributed by atoms with Gasteiger partial charge in [-0.05, 0) is 19.0 Å². The zero-order chi connectivity index (χ0) is 12.0. The lowest BCUT2D eigenvalue weighted by molar-refractivity contribution is 0.189. The van der Waals surface area contributed by atoms with Gasteiger partial charge in [0.15, 0.2) is 0 Å². The fourth-order valence-electron chi connectivity index (χ4n) is 1.66. The van der Waals surface area contributed by atoms with Gasteiger partial charge in [-0.25, -0.2) is 0 Å². The number of halogens is 1. The summed E-state index contributed by atoms with van der Waals surface area (Å²) in [5.41, 5.74) is 0.800. The molecule has 4 heteroatoms. The number of hydrogen-bond donors (Lipinski definition) is 2. The predicted molar refractivity (Wildman–Crippen MR) is 65.8 cm³/mol. The molecule has 0 saturated carbocycles. The van der Waals surface area contributed by atoms with E-state index < -0.39 is 0 Å². The van der Waals surface area contributed by atoms with Gasteiger partial charge in [-0.3, -0.25) is 4.90 Å². The van der Waals surface area contributed by atoms with Crippen molar-refractivity contribution in [2.24, 2.45) is 0 Å². The molecule has 3 nitrogen and oxygen atoms in total. The summed E-state index contributed by atoms with van der Waals surface area (Å²) in [7, 11) is 0. The molecule has 0 spiro atoms. The molecule has 2 N–H and O–H groups in total. The quantitative estimate of drug-likeness (QED) is 0.806. The van der Waals surface area contributed by atoms with Crippen molar-refractivity contribution in [1.29, 1.82) is 0 Å². The number of aliphatic hydroxyl groups excluding tert-OH is 1. The van der Waals surface area contributed by atoms with Crippen LogP contribution in [0.1, 0.15) is 18.9 Å². The number of aromatic hydroxyl groups is 1. The summed E-state index contributed by atoms with van der Waals surface area (Å²) in [6, 6.07) is 5.33. The largest absolute Gasteiger partial charge is 0.506 e. The zero-order valence-electron chi connectivity index (χ0n) is 9.49. The van der Waals surface area contributed by atoms with Gasteiger partial charge >= 0.3 is 0 Å². The molecule has 0 aliphatic carbocycles. The van der Waals surface area contributed by atoms with Gasteiger partial charge in [-0.1, -0.05) is 30.7 Å². The molecule has 0 aliphatic heterocycles. The van der Waals surface area contributed by atoms with E-state index in [1.54, 1.807) is 6.07 Å². The number of benzene rings is 1. The molecular weight excluding hydrogens is 226 g/mol. The smallest absolute Gasteiger partial charge is 0.138 e. The first-order valence-electron chi connectivity index (χ1n) is 5.48. The molecular formula is C12H18ClNO2. The standard InChI is InChI=1S/C12H18ClNO2/c1-2-6-14(7-8-15)9-10-4-3-5-11(13)12(10)16/h3-5,15-16H,2,6-9H2,1H3. The third-order valence-electron chi connectivity index (χ3n) is 2.42. The zero-order valence-corrected chi connectivity index (χ0v) is 10.2. The van der Waals surface area contributed by atoms with Crippen LogP contribution in [0.3, 0.4) is 0 Å². The fraction of sp³-hybridized carbons (Fsp3) is 0.500. The lowest BCUT2D eigenvalue weighted by atomic mass is 10.2. The molecule has 0 saturated heterocycles. The molecule has 0 fully saturated rings. The van der Waals surface area contributed by atoms with Crippen molar-refractivity contribution < 1.29 is 10.2 Å². The molecule has 0 aliphatic rings. The molecule has 16 heavy (non-hydrogen) atoms. The average Bonchev–Trinajstić information content (AvgIpc) is 2.25. The number of rotatable bonds is 6. The SMILES string of the molecule is CCCN(CCO)Cc1cccc(Cl)c1O. The van der Waals surface area contributed by atoms with Crippen LogP contribution in [0.5, 0.6) is 5.75 Å². The van der Waals surface area contributed by atoms with Crippen LogP contribution in [-0.4, -0.2) is 34.8 Å². The van der Waals surface area contributed by atoms with E-state index in [1.165, 1.54) is 0 Å². The van der Waals surface area contributed by atoms with Crippen molar-refractivity contribution in [3.05, 3.63) is 28.8 Å². The van der Waals surface area contributed by atoms with Gasteiger partial charge in [0.1, 0.15) is 5.75 Å². The first kappa shape index (κ1) is 13.3. The lowest BCUT2D eigenvalue weighted by Crippen LogP contribution is -2.27. The molecule has 0 heterocycles. The van der Waals surface area contributed by atoms with E-state index in [0.717, 1.165) is 18.5 Å². The Labute approximate surface area is 101 Å². The van der Waals surface area contributed by atoms with Crippen LogP contribution in [0.25, 0.3) is 0 Å². The Hall–Kier alpha value is -0.770. The molecule has 1 rings (SSSR count). The Bertz CT molecular complexity index is 325. The van der Waals surface area contributed by atoms with Gasteiger partial charge in [-0.2, -0.15) is 0 Å². The van der Waals surface area contributed by atoms with Crippen LogP contribution in [0.15, 0.2) is 18.2 Å². The van der Waals surface area contributed by atoms with Crippen LogP contribution in [0, 0.1) is 0 Å². The summed E-state index contributed by atoms with van der Waals surface area (Å²) >= 11 is 5.83. The predicted octanol–water partition coefficient (Wildman–Crippen LogP) is 2.25. The minimum Gasteiger partial charge on any atom is -0.506 e. The second-order valence-electron chi connectivity index (χ2n) is 3.75. The van der Waals surface area contributed by atoms with Gasteiger partial charge < -0.3 is 10.2 Å². The van der Waals surface area contributed by atoms with Crippen molar-refractivity contribution in [2.75, 3.05) is 19.7 Å². The fourth-order valence-corrected chi connectivity index (χ4v) is 1.85. The van der Waals surface area contributed by atoms with Gasteiger partial charge in [0, 0.05) is 18.7 Å². The normalized spacial score (nSPS) is 11.0. The summed E-state index contributed by atoms with van der Waals surface area (Å²) in [6.45, 7) is 4.33. The molecule has 0 aromatic heterocycles. The number of phenolic OH excluding ortho intramolecular Hbond substituents is 1. The van der Waals surface area contributed by atoms with E-state index >= 15 is 0 Å². The topological polar surface area (TPSA) is 43.7 Å². The first-order chi connectivity index (χ1) is 7.69. The molecule has 90 valence electrons. The maximum atomic E-state index is 9.76. The summed E-state index contributed by atoms with van der Waals surface area (Å²) in [6.07, 6.45) is 1.02. The second kappa shape index (κ2) is 6.74. The maximum Gasteiger partial charge on any atom is 0.138 e.